The highest BCUT2D eigenvalue weighted by atomic mass is 16.5. The molecule has 0 aromatic carbocycles. The molecule has 0 heterocycles. The van der Waals surface area contributed by atoms with Gasteiger partial charge in [-0.05, 0) is 13.3 Å². The van der Waals surface area contributed by atoms with Crippen molar-refractivity contribution < 1.29 is 10.0 Å². The van der Waals surface area contributed by atoms with Crippen molar-refractivity contribution in [1.82, 2.24) is 5.06 Å². The van der Waals surface area contributed by atoms with Gasteiger partial charge in [0.1, 0.15) is 0 Å². The number of rotatable bonds is 10. The van der Waals surface area contributed by atoms with Crippen molar-refractivity contribution in [2.24, 2.45) is 0 Å². The van der Waals surface area contributed by atoms with Crippen LogP contribution in [0.3, 0.4) is 0 Å². The van der Waals surface area contributed by atoms with Crippen LogP contribution in [0.1, 0.15) is 65.2 Å². The van der Waals surface area contributed by atoms with E-state index in [4.69, 9.17) is 0 Å². The fraction of sp³-hybridized carbons (Fsp3) is 0.786. The number of nitrogens with zero attached hydrogens (tertiary/aromatic N) is 1. The average Bonchev–Trinajstić information content (AvgIpc) is 2.32. The van der Waals surface area contributed by atoms with Gasteiger partial charge in [0, 0.05) is 12.6 Å². The third kappa shape index (κ3) is 10.1. The summed E-state index contributed by atoms with van der Waals surface area (Å²) in [5.41, 5.74) is 0. The lowest BCUT2D eigenvalue weighted by Crippen LogP contribution is -2.26. The maximum atomic E-state index is 11.2. The molecule has 0 saturated heterocycles. The highest BCUT2D eigenvalue weighted by Crippen LogP contribution is 2.08. The Morgan fingerprint density at radius 3 is 2.12 bits per heavy atom. The van der Waals surface area contributed by atoms with Crippen LogP contribution in [-0.2, 0) is 4.79 Å². The van der Waals surface area contributed by atoms with Crippen LogP contribution in [0.15, 0.2) is 12.2 Å². The van der Waals surface area contributed by atoms with Gasteiger partial charge in [-0.3, -0.25) is 10.0 Å². The minimum atomic E-state index is -0.324. The Morgan fingerprint density at radius 1 is 1.06 bits per heavy atom. The quantitative estimate of drug-likeness (QED) is 0.272. The predicted octanol–water partition coefficient (Wildman–Crippen LogP) is 3.92. The smallest absolute Gasteiger partial charge is 0.269 e. The highest BCUT2D eigenvalue weighted by molar-refractivity contribution is 5.86. The Labute approximate surface area is 105 Å². The molecule has 1 amide bonds. The van der Waals surface area contributed by atoms with Gasteiger partial charge >= 0.3 is 0 Å². The van der Waals surface area contributed by atoms with E-state index in [-0.39, 0.29) is 5.91 Å². The molecule has 1 N–H and O–H groups in total. The summed E-state index contributed by atoms with van der Waals surface area (Å²) in [6, 6.07) is 0. The summed E-state index contributed by atoms with van der Waals surface area (Å²) < 4.78 is 0. The van der Waals surface area contributed by atoms with E-state index in [1.54, 1.807) is 13.0 Å². The molecule has 3 heteroatoms. The third-order valence-corrected chi connectivity index (χ3v) is 2.79. The Hall–Kier alpha value is -0.830. The van der Waals surface area contributed by atoms with E-state index in [0.29, 0.717) is 6.54 Å². The second-order valence-corrected chi connectivity index (χ2v) is 4.44. The van der Waals surface area contributed by atoms with Gasteiger partial charge < -0.3 is 0 Å². The van der Waals surface area contributed by atoms with Crippen molar-refractivity contribution in [2.45, 2.75) is 65.2 Å². The summed E-state index contributed by atoms with van der Waals surface area (Å²) in [6.07, 6.45) is 12.7. The second-order valence-electron chi connectivity index (χ2n) is 4.44. The molecule has 17 heavy (non-hydrogen) atoms. The predicted molar refractivity (Wildman–Crippen MR) is 70.9 cm³/mol. The van der Waals surface area contributed by atoms with Crippen molar-refractivity contribution in [1.29, 1.82) is 0 Å². The lowest BCUT2D eigenvalue weighted by Gasteiger charge is -2.12. The normalized spacial score (nSPS) is 11.0. The number of hydrogen-bond acceptors (Lipinski definition) is 2. The first-order chi connectivity index (χ1) is 8.22. The van der Waals surface area contributed by atoms with Crippen molar-refractivity contribution >= 4 is 5.91 Å². The molecule has 0 spiro atoms. The van der Waals surface area contributed by atoms with Crippen LogP contribution in [-0.4, -0.2) is 22.7 Å². The summed E-state index contributed by atoms with van der Waals surface area (Å²) in [5.74, 6) is -0.324. The number of amides is 1. The molecule has 3 nitrogen and oxygen atoms in total. The standard InChI is InChI=1S/C14H27NO2/c1-3-5-6-7-8-9-10-11-13-15(17)14(16)12-4-2/h4,12,17H,3,5-11,13H2,1-2H3. The fourth-order valence-electron chi connectivity index (χ4n) is 1.73. The molecule has 0 aliphatic carbocycles. The Kier molecular flexibility index (Phi) is 11.1. The number of allylic oxidation sites excluding steroid dienone is 1. The van der Waals surface area contributed by atoms with Gasteiger partial charge in [0.25, 0.3) is 5.91 Å². The monoisotopic (exact) mass is 241 g/mol. The summed E-state index contributed by atoms with van der Waals surface area (Å²) >= 11 is 0. The van der Waals surface area contributed by atoms with Crippen molar-refractivity contribution in [2.75, 3.05) is 6.54 Å². The van der Waals surface area contributed by atoms with E-state index in [0.717, 1.165) is 17.9 Å². The first-order valence-corrected chi connectivity index (χ1v) is 6.85. The SMILES string of the molecule is CC=CC(=O)N(O)CCCCCCCCCC. The molecule has 0 bridgehead atoms. The number of unbranched alkanes of at least 4 members (excludes halogenated alkanes) is 7. The number of hydroxylamine groups is 2. The van der Waals surface area contributed by atoms with Crippen LogP contribution in [0.4, 0.5) is 0 Å². The lowest BCUT2D eigenvalue weighted by molar-refractivity contribution is -0.159. The Morgan fingerprint density at radius 2 is 1.59 bits per heavy atom. The number of carbonyl (C=O) groups is 1. The zero-order chi connectivity index (χ0) is 12.9. The van der Waals surface area contributed by atoms with Gasteiger partial charge in [0.15, 0.2) is 0 Å². The van der Waals surface area contributed by atoms with E-state index in [9.17, 15) is 10.0 Å². The summed E-state index contributed by atoms with van der Waals surface area (Å²) in [5, 5.41) is 10.2. The molecule has 0 aliphatic heterocycles. The molecule has 0 fully saturated rings. The molecule has 0 unspecified atom stereocenters. The molecule has 0 atom stereocenters. The molecule has 0 radical (unpaired) electrons. The highest BCUT2D eigenvalue weighted by Gasteiger charge is 2.05. The van der Waals surface area contributed by atoms with Crippen molar-refractivity contribution in [3.8, 4) is 0 Å². The molecule has 0 saturated carbocycles. The zero-order valence-electron chi connectivity index (χ0n) is 11.3. The molecular formula is C14H27NO2. The summed E-state index contributed by atoms with van der Waals surface area (Å²) in [6.45, 7) is 4.43. The molecule has 0 aromatic rings. The minimum absolute atomic E-state index is 0.324. The van der Waals surface area contributed by atoms with Gasteiger partial charge in [-0.1, -0.05) is 57.9 Å². The van der Waals surface area contributed by atoms with Crippen molar-refractivity contribution in [3.63, 3.8) is 0 Å². The number of carbonyl (C=O) groups excluding carboxylic acids is 1. The molecule has 100 valence electrons. The Balaban J connectivity index is 3.30. The average molecular weight is 241 g/mol. The third-order valence-electron chi connectivity index (χ3n) is 2.79. The van der Waals surface area contributed by atoms with Crippen molar-refractivity contribution in [3.05, 3.63) is 12.2 Å². The van der Waals surface area contributed by atoms with E-state index < -0.39 is 0 Å². The lowest BCUT2D eigenvalue weighted by atomic mass is 10.1. The second kappa shape index (κ2) is 11.6. The van der Waals surface area contributed by atoms with Crippen LogP contribution in [0.2, 0.25) is 0 Å². The molecule has 0 aliphatic rings. The Bertz CT molecular complexity index is 214. The molecule has 0 rings (SSSR count). The maximum Gasteiger partial charge on any atom is 0.269 e. The largest absolute Gasteiger partial charge is 0.286 e. The van der Waals surface area contributed by atoms with Gasteiger partial charge in [-0.15, -0.1) is 0 Å². The van der Waals surface area contributed by atoms with E-state index in [2.05, 4.69) is 6.92 Å². The van der Waals surface area contributed by atoms with Crippen LogP contribution in [0.25, 0.3) is 0 Å². The minimum Gasteiger partial charge on any atom is -0.286 e. The van der Waals surface area contributed by atoms with Crippen LogP contribution >= 0.6 is 0 Å². The van der Waals surface area contributed by atoms with Crippen LogP contribution < -0.4 is 0 Å². The summed E-state index contributed by atoms with van der Waals surface area (Å²) in [7, 11) is 0. The first-order valence-electron chi connectivity index (χ1n) is 6.85. The molecular weight excluding hydrogens is 214 g/mol. The maximum absolute atomic E-state index is 11.2. The molecule has 0 aromatic heterocycles. The van der Waals surface area contributed by atoms with Gasteiger partial charge in [0.2, 0.25) is 0 Å². The van der Waals surface area contributed by atoms with Crippen LogP contribution in [0, 0.1) is 0 Å². The van der Waals surface area contributed by atoms with Gasteiger partial charge in [-0.25, -0.2) is 5.06 Å². The summed E-state index contributed by atoms with van der Waals surface area (Å²) in [4.78, 5) is 11.2. The van der Waals surface area contributed by atoms with E-state index in [1.807, 2.05) is 0 Å². The zero-order valence-corrected chi connectivity index (χ0v) is 11.3. The van der Waals surface area contributed by atoms with Gasteiger partial charge in [-0.2, -0.15) is 0 Å². The number of hydrogen-bond donors (Lipinski definition) is 1. The first kappa shape index (κ1) is 16.2. The van der Waals surface area contributed by atoms with Crippen LogP contribution in [0.5, 0.6) is 0 Å². The fourth-order valence-corrected chi connectivity index (χ4v) is 1.73. The van der Waals surface area contributed by atoms with Gasteiger partial charge in [0.05, 0.1) is 0 Å². The van der Waals surface area contributed by atoms with E-state index in [1.165, 1.54) is 44.6 Å². The van der Waals surface area contributed by atoms with E-state index >= 15 is 0 Å². The topological polar surface area (TPSA) is 40.5 Å².